The molecular weight excluding hydrogens is 547 g/mol. The van der Waals surface area contributed by atoms with Gasteiger partial charge in [-0.25, -0.2) is 4.79 Å². The van der Waals surface area contributed by atoms with E-state index in [2.05, 4.69) is 15.3 Å². The summed E-state index contributed by atoms with van der Waals surface area (Å²) in [4.78, 5) is 29.8. The van der Waals surface area contributed by atoms with Crippen molar-refractivity contribution in [2.45, 2.75) is 82.2 Å². The second kappa shape index (κ2) is 10.6. The third kappa shape index (κ3) is 5.81. The quantitative estimate of drug-likeness (QED) is 0.478. The molecule has 0 bridgehead atoms. The second-order valence-electron chi connectivity index (χ2n) is 12.1. The number of nitrogens with one attached hydrogen (secondary N) is 1. The van der Waals surface area contributed by atoms with E-state index < -0.39 is 22.9 Å². The number of ether oxygens (including phenoxy) is 1. The van der Waals surface area contributed by atoms with Gasteiger partial charge in [-0.3, -0.25) is 14.4 Å². The fourth-order valence-corrected chi connectivity index (χ4v) is 5.87. The van der Waals surface area contributed by atoms with E-state index in [0.29, 0.717) is 37.9 Å². The standard InChI is InChI=1S/C28H35ClF3N5O3/c1-26(2,3)40-25(39)36-16-21(17-36)35-11-7-18(8-12-35)19-14-33-37(15-19)27(9-4-10-27)24(38)34-23-6-5-20(13-22(23)29)28(30,31)32/h5-6,13-15,18,21H,4,7-12,16-17H2,1-3H3,(H,34,38). The van der Waals surface area contributed by atoms with Gasteiger partial charge in [0.05, 0.1) is 22.5 Å². The molecule has 2 aliphatic heterocycles. The van der Waals surface area contributed by atoms with E-state index in [9.17, 15) is 22.8 Å². The van der Waals surface area contributed by atoms with Gasteiger partial charge in [0, 0.05) is 25.3 Å². The van der Waals surface area contributed by atoms with Crippen LogP contribution in [0, 0.1) is 0 Å². The summed E-state index contributed by atoms with van der Waals surface area (Å²) in [6, 6.07) is 3.26. The lowest BCUT2D eigenvalue weighted by Gasteiger charge is -2.47. The number of benzene rings is 1. The predicted octanol–water partition coefficient (Wildman–Crippen LogP) is 5.87. The van der Waals surface area contributed by atoms with Crippen molar-refractivity contribution in [1.29, 1.82) is 0 Å². The minimum Gasteiger partial charge on any atom is -0.444 e. The molecule has 40 heavy (non-hydrogen) atoms. The van der Waals surface area contributed by atoms with Crippen LogP contribution >= 0.6 is 11.6 Å². The number of hydrogen-bond acceptors (Lipinski definition) is 5. The van der Waals surface area contributed by atoms with E-state index in [1.54, 1.807) is 9.58 Å². The Hall–Kier alpha value is -2.79. The van der Waals surface area contributed by atoms with Gasteiger partial charge in [-0.05, 0) is 95.6 Å². The Balaban J connectivity index is 1.17. The summed E-state index contributed by atoms with van der Waals surface area (Å²) in [6.45, 7) is 8.79. The van der Waals surface area contributed by atoms with Crippen LogP contribution in [0.4, 0.5) is 23.7 Å². The van der Waals surface area contributed by atoms with Crippen molar-refractivity contribution in [3.05, 3.63) is 46.7 Å². The summed E-state index contributed by atoms with van der Waals surface area (Å²) in [7, 11) is 0. The maximum Gasteiger partial charge on any atom is 0.416 e. The minimum absolute atomic E-state index is 0.145. The zero-order chi connectivity index (χ0) is 28.9. The van der Waals surface area contributed by atoms with Gasteiger partial charge < -0.3 is 15.0 Å². The molecule has 2 aromatic rings. The fourth-order valence-electron chi connectivity index (χ4n) is 5.64. The zero-order valence-electron chi connectivity index (χ0n) is 22.9. The van der Waals surface area contributed by atoms with Gasteiger partial charge in [0.2, 0.25) is 0 Å². The number of alkyl halides is 3. The van der Waals surface area contributed by atoms with Crippen molar-refractivity contribution in [2.24, 2.45) is 0 Å². The summed E-state index contributed by atoms with van der Waals surface area (Å²) in [5.41, 5.74) is -1.03. The van der Waals surface area contributed by atoms with Crippen LogP contribution in [0.15, 0.2) is 30.6 Å². The number of anilines is 1. The van der Waals surface area contributed by atoms with Gasteiger partial charge in [-0.2, -0.15) is 18.3 Å². The number of aromatic nitrogens is 2. The zero-order valence-corrected chi connectivity index (χ0v) is 23.7. The van der Waals surface area contributed by atoms with Gasteiger partial charge in [-0.15, -0.1) is 0 Å². The molecule has 2 amide bonds. The molecule has 1 aliphatic carbocycles. The van der Waals surface area contributed by atoms with E-state index in [0.717, 1.165) is 50.0 Å². The molecule has 12 heteroatoms. The lowest BCUT2D eigenvalue weighted by Crippen LogP contribution is -2.62. The maximum absolute atomic E-state index is 13.3. The van der Waals surface area contributed by atoms with E-state index in [1.807, 2.05) is 33.2 Å². The van der Waals surface area contributed by atoms with E-state index >= 15 is 0 Å². The second-order valence-corrected chi connectivity index (χ2v) is 12.5. The van der Waals surface area contributed by atoms with Gasteiger partial charge in [-0.1, -0.05) is 11.6 Å². The number of hydrogen-bond donors (Lipinski definition) is 1. The van der Waals surface area contributed by atoms with Gasteiger partial charge >= 0.3 is 12.3 Å². The topological polar surface area (TPSA) is 79.7 Å². The van der Waals surface area contributed by atoms with Gasteiger partial charge in [0.1, 0.15) is 11.1 Å². The Kier molecular flexibility index (Phi) is 7.58. The summed E-state index contributed by atoms with van der Waals surface area (Å²) in [6.07, 6.45) is 2.93. The third-order valence-electron chi connectivity index (χ3n) is 8.22. The molecule has 2 saturated heterocycles. The first-order valence-corrected chi connectivity index (χ1v) is 14.1. The van der Waals surface area contributed by atoms with Gasteiger partial charge in [0.15, 0.2) is 0 Å². The molecule has 218 valence electrons. The number of likely N-dealkylation sites (tertiary alicyclic amines) is 2. The van der Waals surface area contributed by atoms with Crippen molar-refractivity contribution < 1.29 is 27.5 Å². The van der Waals surface area contributed by atoms with Gasteiger partial charge in [0.25, 0.3) is 5.91 Å². The summed E-state index contributed by atoms with van der Waals surface area (Å²) in [5.74, 6) is -0.0130. The van der Waals surface area contributed by atoms with E-state index in [-0.39, 0.29) is 22.7 Å². The molecule has 1 aromatic carbocycles. The Labute approximate surface area is 236 Å². The number of carbonyl (C=O) groups is 2. The highest BCUT2D eigenvalue weighted by molar-refractivity contribution is 6.33. The average molecular weight is 582 g/mol. The van der Waals surface area contributed by atoms with Crippen molar-refractivity contribution in [1.82, 2.24) is 19.6 Å². The largest absolute Gasteiger partial charge is 0.444 e. The highest BCUT2D eigenvalue weighted by atomic mass is 35.5. The molecule has 1 N–H and O–H groups in total. The molecule has 3 fully saturated rings. The van der Waals surface area contributed by atoms with Crippen molar-refractivity contribution in [2.75, 3.05) is 31.5 Å². The lowest BCUT2D eigenvalue weighted by molar-refractivity contribution is -0.137. The van der Waals surface area contributed by atoms with Crippen LogP contribution in [-0.4, -0.2) is 69.4 Å². The molecular formula is C28H35ClF3N5O3. The van der Waals surface area contributed by atoms with Crippen LogP contribution in [-0.2, 0) is 21.2 Å². The van der Waals surface area contributed by atoms with Crippen LogP contribution in [0.1, 0.15) is 69.9 Å². The van der Waals surface area contributed by atoms with E-state index in [4.69, 9.17) is 16.3 Å². The SMILES string of the molecule is CC(C)(C)OC(=O)N1CC(N2CCC(c3cnn(C4(C(=O)Nc5ccc(C(F)(F)F)cc5Cl)CCC4)c3)CC2)C1. The molecule has 0 spiro atoms. The van der Waals surface area contributed by atoms with Crippen LogP contribution in [0.3, 0.4) is 0 Å². The predicted molar refractivity (Wildman–Crippen MR) is 144 cm³/mol. The number of piperidine rings is 1. The van der Waals surface area contributed by atoms with E-state index in [1.165, 1.54) is 6.07 Å². The van der Waals surface area contributed by atoms with Crippen molar-refractivity contribution in [3.63, 3.8) is 0 Å². The average Bonchev–Trinajstić information content (AvgIpc) is 3.27. The van der Waals surface area contributed by atoms with Crippen molar-refractivity contribution >= 4 is 29.3 Å². The molecule has 0 unspecified atom stereocenters. The molecule has 0 atom stereocenters. The summed E-state index contributed by atoms with van der Waals surface area (Å²) >= 11 is 6.07. The molecule has 1 saturated carbocycles. The number of amides is 2. The normalized spacial score (nSPS) is 20.5. The number of carbonyl (C=O) groups excluding carboxylic acids is 2. The number of halogens is 4. The lowest BCUT2D eigenvalue weighted by atomic mass is 9.76. The maximum atomic E-state index is 13.3. The van der Waals surface area contributed by atoms with Crippen LogP contribution in [0.2, 0.25) is 5.02 Å². The third-order valence-corrected chi connectivity index (χ3v) is 8.53. The fraction of sp³-hybridized carbons (Fsp3) is 0.607. The molecule has 5 rings (SSSR count). The highest BCUT2D eigenvalue weighted by Crippen LogP contribution is 2.42. The van der Waals surface area contributed by atoms with Crippen LogP contribution in [0.25, 0.3) is 0 Å². The molecule has 1 aromatic heterocycles. The molecule has 0 radical (unpaired) electrons. The van der Waals surface area contributed by atoms with Crippen LogP contribution in [0.5, 0.6) is 0 Å². The first kappa shape index (κ1) is 28.7. The smallest absolute Gasteiger partial charge is 0.416 e. The number of rotatable bonds is 5. The Morgan fingerprint density at radius 3 is 2.35 bits per heavy atom. The van der Waals surface area contributed by atoms with Crippen LogP contribution < -0.4 is 5.32 Å². The minimum atomic E-state index is -4.51. The Morgan fingerprint density at radius 1 is 1.12 bits per heavy atom. The Morgan fingerprint density at radius 2 is 1.80 bits per heavy atom. The summed E-state index contributed by atoms with van der Waals surface area (Å²) in [5, 5.41) is 7.13. The first-order chi connectivity index (χ1) is 18.7. The summed E-state index contributed by atoms with van der Waals surface area (Å²) < 4.78 is 46.1. The molecule has 3 heterocycles. The Bertz CT molecular complexity index is 1260. The van der Waals surface area contributed by atoms with Crippen molar-refractivity contribution in [3.8, 4) is 0 Å². The molecule has 8 nitrogen and oxygen atoms in total. The molecule has 3 aliphatic rings. The highest BCUT2D eigenvalue weighted by Gasteiger charge is 2.47. The monoisotopic (exact) mass is 581 g/mol. The number of nitrogens with zero attached hydrogens (tertiary/aromatic N) is 4. The first-order valence-electron chi connectivity index (χ1n) is 13.7.